The van der Waals surface area contributed by atoms with Gasteiger partial charge in [0.1, 0.15) is 5.60 Å². The van der Waals surface area contributed by atoms with Crippen LogP contribution in [0.3, 0.4) is 0 Å². The Kier molecular flexibility index (Phi) is 7.74. The van der Waals surface area contributed by atoms with Crippen molar-refractivity contribution in [3.05, 3.63) is 35.4 Å². The van der Waals surface area contributed by atoms with Gasteiger partial charge in [-0.25, -0.2) is 9.59 Å². The zero-order valence-corrected chi connectivity index (χ0v) is 13.1. The highest BCUT2D eigenvalue weighted by Gasteiger charge is 2.38. The third-order valence-electron chi connectivity index (χ3n) is 2.24. The van der Waals surface area contributed by atoms with Crippen LogP contribution in [0.15, 0.2) is 24.3 Å². The quantitative estimate of drug-likeness (QED) is 0.829. The lowest BCUT2D eigenvalue weighted by Crippen LogP contribution is -2.24. The molecule has 0 aromatic heterocycles. The number of alkyl halides is 3. The first-order valence-corrected chi connectivity index (χ1v) is 6.69. The number of ether oxygens (including phenoxy) is 1. The fraction of sp³-hybridized carbons (Fsp3) is 0.467. The van der Waals surface area contributed by atoms with E-state index in [0.29, 0.717) is 12.1 Å². The molecule has 0 saturated heterocycles. The van der Waals surface area contributed by atoms with Gasteiger partial charge >= 0.3 is 18.1 Å². The minimum atomic E-state index is -5.08. The number of halogens is 3. The Morgan fingerprint density at radius 3 is 2.13 bits per heavy atom. The number of hydrogen-bond donors (Lipinski definition) is 2. The second-order valence-electron chi connectivity index (χ2n) is 5.54. The van der Waals surface area contributed by atoms with E-state index in [9.17, 15) is 18.0 Å². The number of carbonyl (C=O) groups is 2. The van der Waals surface area contributed by atoms with Gasteiger partial charge in [0.15, 0.2) is 0 Å². The van der Waals surface area contributed by atoms with E-state index in [1.165, 1.54) is 0 Å². The van der Waals surface area contributed by atoms with Crippen LogP contribution >= 0.6 is 0 Å². The van der Waals surface area contributed by atoms with Crippen molar-refractivity contribution < 1.29 is 32.6 Å². The van der Waals surface area contributed by atoms with Crippen LogP contribution in [0.4, 0.5) is 13.2 Å². The third kappa shape index (κ3) is 9.51. The molecule has 0 unspecified atom stereocenters. The first kappa shape index (κ1) is 20.9. The summed E-state index contributed by atoms with van der Waals surface area (Å²) in [6.45, 7) is 6.15. The van der Waals surface area contributed by atoms with E-state index in [1.807, 2.05) is 39.0 Å². The summed E-state index contributed by atoms with van der Waals surface area (Å²) in [5.41, 5.74) is 6.66. The monoisotopic (exact) mass is 335 g/mol. The molecule has 130 valence electrons. The Morgan fingerprint density at radius 2 is 1.74 bits per heavy atom. The summed E-state index contributed by atoms with van der Waals surface area (Å²) in [6.07, 6.45) is -4.31. The van der Waals surface area contributed by atoms with Gasteiger partial charge in [0.25, 0.3) is 0 Å². The number of nitrogens with two attached hydrogens (primary N) is 1. The molecule has 0 bridgehead atoms. The van der Waals surface area contributed by atoms with Crippen molar-refractivity contribution in [2.75, 3.05) is 6.54 Å². The summed E-state index contributed by atoms with van der Waals surface area (Å²) < 4.78 is 37.0. The van der Waals surface area contributed by atoms with E-state index < -0.39 is 17.7 Å². The molecule has 0 aliphatic carbocycles. The number of carbonyl (C=O) groups excluding carboxylic acids is 1. The van der Waals surface area contributed by atoms with Crippen LogP contribution in [0.25, 0.3) is 0 Å². The van der Waals surface area contributed by atoms with E-state index in [0.717, 1.165) is 12.0 Å². The highest BCUT2D eigenvalue weighted by atomic mass is 19.4. The largest absolute Gasteiger partial charge is 0.490 e. The van der Waals surface area contributed by atoms with Crippen LogP contribution in [-0.4, -0.2) is 35.4 Å². The van der Waals surface area contributed by atoms with Crippen LogP contribution in [0, 0.1) is 0 Å². The summed E-state index contributed by atoms with van der Waals surface area (Å²) in [5, 5.41) is 7.12. The van der Waals surface area contributed by atoms with Gasteiger partial charge in [-0.15, -0.1) is 0 Å². The number of carboxylic acid groups (broad SMARTS) is 1. The van der Waals surface area contributed by atoms with E-state index in [1.54, 1.807) is 6.07 Å². The molecule has 0 fully saturated rings. The predicted molar refractivity (Wildman–Crippen MR) is 78.1 cm³/mol. The van der Waals surface area contributed by atoms with E-state index >= 15 is 0 Å². The molecule has 0 atom stereocenters. The van der Waals surface area contributed by atoms with Gasteiger partial charge in [-0.2, -0.15) is 13.2 Å². The number of carboxylic acids is 1. The first-order chi connectivity index (χ1) is 10.4. The molecule has 1 aromatic carbocycles. The molecule has 0 heterocycles. The van der Waals surface area contributed by atoms with Crippen LogP contribution in [-0.2, 0) is 16.0 Å². The average Bonchev–Trinajstić information content (AvgIpc) is 2.37. The normalized spacial score (nSPS) is 11.3. The number of aliphatic carboxylic acids is 1. The maximum Gasteiger partial charge on any atom is 0.490 e. The van der Waals surface area contributed by atoms with Gasteiger partial charge in [-0.3, -0.25) is 0 Å². The van der Waals surface area contributed by atoms with Gasteiger partial charge in [-0.1, -0.05) is 12.1 Å². The SMILES string of the molecule is CC(C)(C)OC(=O)c1cccc(CCN)c1.O=C(O)C(F)(F)F. The molecule has 0 aliphatic rings. The van der Waals surface area contributed by atoms with Crippen LogP contribution in [0.5, 0.6) is 0 Å². The zero-order valence-electron chi connectivity index (χ0n) is 13.1. The Morgan fingerprint density at radius 1 is 1.22 bits per heavy atom. The van der Waals surface area contributed by atoms with Gasteiger partial charge in [0, 0.05) is 0 Å². The summed E-state index contributed by atoms with van der Waals surface area (Å²) in [7, 11) is 0. The van der Waals surface area contributed by atoms with E-state index in [4.69, 9.17) is 20.4 Å². The molecule has 1 aromatic rings. The average molecular weight is 335 g/mol. The fourth-order valence-electron chi connectivity index (χ4n) is 1.36. The van der Waals surface area contributed by atoms with Crippen molar-refractivity contribution in [1.82, 2.24) is 0 Å². The number of rotatable bonds is 3. The fourth-order valence-corrected chi connectivity index (χ4v) is 1.36. The standard InChI is InChI=1S/C13H19NO2.C2HF3O2/c1-13(2,3)16-12(15)11-6-4-5-10(9-11)7-8-14;3-2(4,5)1(6)7/h4-6,9H,7-8,14H2,1-3H3;(H,6,7). The molecule has 0 aliphatic heterocycles. The highest BCUT2D eigenvalue weighted by molar-refractivity contribution is 5.89. The van der Waals surface area contributed by atoms with Crippen molar-refractivity contribution in [2.45, 2.75) is 39.0 Å². The molecular formula is C15H20F3NO4. The lowest BCUT2D eigenvalue weighted by molar-refractivity contribution is -0.192. The van der Waals surface area contributed by atoms with Crippen molar-refractivity contribution in [3.63, 3.8) is 0 Å². The number of esters is 1. The van der Waals surface area contributed by atoms with Crippen molar-refractivity contribution >= 4 is 11.9 Å². The summed E-state index contributed by atoms with van der Waals surface area (Å²) in [6, 6.07) is 7.40. The maximum absolute atomic E-state index is 11.8. The van der Waals surface area contributed by atoms with E-state index in [2.05, 4.69) is 0 Å². The smallest absolute Gasteiger partial charge is 0.475 e. The lowest BCUT2D eigenvalue weighted by Gasteiger charge is -2.19. The zero-order chi connectivity index (χ0) is 18.3. The molecule has 5 nitrogen and oxygen atoms in total. The predicted octanol–water partition coefficient (Wildman–Crippen LogP) is 2.78. The van der Waals surface area contributed by atoms with Gasteiger partial charge in [-0.05, 0) is 51.4 Å². The molecule has 3 N–H and O–H groups in total. The number of benzene rings is 1. The van der Waals surface area contributed by atoms with Gasteiger partial charge < -0.3 is 15.6 Å². The molecule has 23 heavy (non-hydrogen) atoms. The van der Waals surface area contributed by atoms with Crippen molar-refractivity contribution in [2.24, 2.45) is 5.73 Å². The lowest BCUT2D eigenvalue weighted by atomic mass is 10.1. The molecule has 1 rings (SSSR count). The second-order valence-corrected chi connectivity index (χ2v) is 5.54. The molecular weight excluding hydrogens is 315 g/mol. The van der Waals surface area contributed by atoms with E-state index in [-0.39, 0.29) is 5.97 Å². The summed E-state index contributed by atoms with van der Waals surface area (Å²) in [4.78, 5) is 20.7. The van der Waals surface area contributed by atoms with Crippen molar-refractivity contribution in [3.8, 4) is 0 Å². The number of hydrogen-bond acceptors (Lipinski definition) is 4. The second kappa shape index (κ2) is 8.52. The van der Waals surface area contributed by atoms with Crippen LogP contribution < -0.4 is 5.73 Å². The Bertz CT molecular complexity index is 536. The molecule has 0 saturated carbocycles. The summed E-state index contributed by atoms with van der Waals surface area (Å²) in [5.74, 6) is -3.04. The summed E-state index contributed by atoms with van der Waals surface area (Å²) >= 11 is 0. The molecule has 8 heteroatoms. The Balaban J connectivity index is 0.000000585. The minimum Gasteiger partial charge on any atom is -0.475 e. The topological polar surface area (TPSA) is 89.6 Å². The van der Waals surface area contributed by atoms with Crippen molar-refractivity contribution in [1.29, 1.82) is 0 Å². The Hall–Kier alpha value is -2.09. The molecule has 0 radical (unpaired) electrons. The maximum atomic E-state index is 11.8. The van der Waals surface area contributed by atoms with Gasteiger partial charge in [0.2, 0.25) is 0 Å². The van der Waals surface area contributed by atoms with Gasteiger partial charge in [0.05, 0.1) is 5.56 Å². The van der Waals surface area contributed by atoms with Crippen LogP contribution in [0.1, 0.15) is 36.7 Å². The molecule has 0 spiro atoms. The third-order valence-corrected chi connectivity index (χ3v) is 2.24. The first-order valence-electron chi connectivity index (χ1n) is 6.69. The highest BCUT2D eigenvalue weighted by Crippen LogP contribution is 2.14. The van der Waals surface area contributed by atoms with Crippen LogP contribution in [0.2, 0.25) is 0 Å². The Labute approximate surface area is 132 Å². The molecule has 0 amide bonds. The minimum absolute atomic E-state index is 0.286.